The molecule has 0 spiro atoms. The largest absolute Gasteiger partial charge is 0.255 e. The van der Waals surface area contributed by atoms with E-state index in [2.05, 4.69) is 162 Å². The Morgan fingerprint density at radius 1 is 0.365 bits per heavy atom. The minimum absolute atomic E-state index is 0.0752. The first-order valence-electron chi connectivity index (χ1n) is 18.3. The first kappa shape index (κ1) is 32.1. The standard InChI is InChI=1S/C50H42N2/c1-49(2,3)33-24-20-31(21-25-33)44-37-13-7-8-14-38(37)45(32-22-26-34(27-23-32)50(4,5)6)48-40-29-28-35(36-15-11-16-39(46(36)40)47(44)48)41-18-12-19-43(52-41)42-17-9-10-30-51-42/h7-30H,1-6H3. The summed E-state index contributed by atoms with van der Waals surface area (Å²) in [6, 6.07) is 51.3. The van der Waals surface area contributed by atoms with Crippen molar-refractivity contribution < 1.29 is 0 Å². The Balaban J connectivity index is 1.35. The molecule has 252 valence electrons. The van der Waals surface area contributed by atoms with Crippen molar-refractivity contribution in [1.29, 1.82) is 0 Å². The van der Waals surface area contributed by atoms with E-state index in [4.69, 9.17) is 4.98 Å². The topological polar surface area (TPSA) is 25.8 Å². The van der Waals surface area contributed by atoms with Crippen molar-refractivity contribution in [1.82, 2.24) is 9.97 Å². The van der Waals surface area contributed by atoms with Crippen LogP contribution in [0, 0.1) is 0 Å². The molecular weight excluding hydrogens is 629 g/mol. The van der Waals surface area contributed by atoms with E-state index in [0.29, 0.717) is 0 Å². The van der Waals surface area contributed by atoms with Crippen LogP contribution in [0.3, 0.4) is 0 Å². The third-order valence-corrected chi connectivity index (χ3v) is 10.8. The van der Waals surface area contributed by atoms with Gasteiger partial charge in [0.2, 0.25) is 0 Å². The van der Waals surface area contributed by atoms with Crippen LogP contribution < -0.4 is 0 Å². The van der Waals surface area contributed by atoms with Gasteiger partial charge in [-0.1, -0.05) is 157 Å². The van der Waals surface area contributed by atoms with Gasteiger partial charge < -0.3 is 0 Å². The highest BCUT2D eigenvalue weighted by molar-refractivity contribution is 6.28. The Bertz CT molecular complexity index is 2540. The number of nitrogens with zero attached hydrogens (tertiary/aromatic N) is 2. The van der Waals surface area contributed by atoms with Crippen molar-refractivity contribution in [2.75, 3.05) is 0 Å². The predicted octanol–water partition coefficient (Wildman–Crippen LogP) is 13.7. The van der Waals surface area contributed by atoms with Crippen molar-refractivity contribution in [2.24, 2.45) is 0 Å². The molecule has 0 amide bonds. The molecule has 8 aromatic rings. The summed E-state index contributed by atoms with van der Waals surface area (Å²) in [5, 5.41) is 5.04. The summed E-state index contributed by atoms with van der Waals surface area (Å²) in [5.41, 5.74) is 16.9. The number of hydrogen-bond donors (Lipinski definition) is 0. The van der Waals surface area contributed by atoms with E-state index < -0.39 is 0 Å². The lowest BCUT2D eigenvalue weighted by Crippen LogP contribution is -2.10. The van der Waals surface area contributed by atoms with E-state index in [9.17, 15) is 0 Å². The second-order valence-electron chi connectivity index (χ2n) is 16.2. The van der Waals surface area contributed by atoms with Crippen molar-refractivity contribution in [2.45, 2.75) is 52.4 Å². The maximum atomic E-state index is 5.16. The maximum Gasteiger partial charge on any atom is 0.0893 e. The predicted molar refractivity (Wildman–Crippen MR) is 221 cm³/mol. The van der Waals surface area contributed by atoms with Gasteiger partial charge in [-0.05, 0) is 112 Å². The average molecular weight is 671 g/mol. The molecule has 0 aliphatic heterocycles. The van der Waals surface area contributed by atoms with Gasteiger partial charge in [-0.2, -0.15) is 0 Å². The fourth-order valence-corrected chi connectivity index (χ4v) is 8.14. The van der Waals surface area contributed by atoms with E-state index >= 15 is 0 Å². The molecule has 2 heterocycles. The van der Waals surface area contributed by atoms with Gasteiger partial charge in [0, 0.05) is 11.8 Å². The van der Waals surface area contributed by atoms with E-state index in [-0.39, 0.29) is 10.8 Å². The Labute approximate surface area is 306 Å². The summed E-state index contributed by atoms with van der Waals surface area (Å²) in [7, 11) is 0. The summed E-state index contributed by atoms with van der Waals surface area (Å²) in [6.07, 6.45) is 1.83. The second kappa shape index (κ2) is 11.9. The molecule has 0 atom stereocenters. The lowest BCUT2D eigenvalue weighted by Gasteiger charge is -2.23. The summed E-state index contributed by atoms with van der Waals surface area (Å²) >= 11 is 0. The third-order valence-electron chi connectivity index (χ3n) is 10.8. The third kappa shape index (κ3) is 5.16. The van der Waals surface area contributed by atoms with Crippen LogP contribution in [-0.4, -0.2) is 9.97 Å². The highest BCUT2D eigenvalue weighted by atomic mass is 14.8. The van der Waals surface area contributed by atoms with Crippen molar-refractivity contribution in [3.05, 3.63) is 157 Å². The van der Waals surface area contributed by atoms with Crippen molar-refractivity contribution in [3.8, 4) is 67.2 Å². The van der Waals surface area contributed by atoms with Gasteiger partial charge in [-0.25, -0.2) is 4.98 Å². The van der Waals surface area contributed by atoms with Gasteiger partial charge in [0.25, 0.3) is 0 Å². The lowest BCUT2D eigenvalue weighted by atomic mass is 9.80. The molecule has 0 unspecified atom stereocenters. The zero-order valence-electron chi connectivity index (χ0n) is 30.8. The molecule has 0 fully saturated rings. The van der Waals surface area contributed by atoms with Crippen molar-refractivity contribution >= 4 is 21.5 Å². The molecule has 2 heteroatoms. The average Bonchev–Trinajstić information content (AvgIpc) is 3.48. The highest BCUT2D eigenvalue weighted by Crippen LogP contribution is 2.58. The minimum Gasteiger partial charge on any atom is -0.255 e. The zero-order chi connectivity index (χ0) is 35.8. The van der Waals surface area contributed by atoms with Crippen LogP contribution in [0.4, 0.5) is 0 Å². The summed E-state index contributed by atoms with van der Waals surface area (Å²) in [5.74, 6) is 0. The Hall–Kier alpha value is -5.86. The first-order chi connectivity index (χ1) is 25.1. The quantitative estimate of drug-likeness (QED) is 0.186. The van der Waals surface area contributed by atoms with Crippen molar-refractivity contribution in [3.63, 3.8) is 0 Å². The molecule has 0 saturated heterocycles. The molecule has 0 N–H and O–H groups in total. The first-order valence-corrected chi connectivity index (χ1v) is 18.3. The zero-order valence-corrected chi connectivity index (χ0v) is 30.8. The van der Waals surface area contributed by atoms with Gasteiger partial charge in [0.15, 0.2) is 0 Å². The Morgan fingerprint density at radius 2 is 0.846 bits per heavy atom. The maximum absolute atomic E-state index is 5.16. The molecular formula is C50H42N2. The second-order valence-corrected chi connectivity index (χ2v) is 16.2. The Kier molecular flexibility index (Phi) is 7.31. The van der Waals surface area contributed by atoms with Gasteiger partial charge in [-0.15, -0.1) is 0 Å². The number of benzene rings is 6. The summed E-state index contributed by atoms with van der Waals surface area (Å²) in [6.45, 7) is 13.7. The highest BCUT2D eigenvalue weighted by Gasteiger charge is 2.31. The number of fused-ring (bicyclic) bond motifs is 4. The fourth-order valence-electron chi connectivity index (χ4n) is 8.14. The van der Waals surface area contributed by atoms with Gasteiger partial charge in [0.05, 0.1) is 17.1 Å². The molecule has 1 aliphatic rings. The minimum atomic E-state index is 0.0752. The number of hydrogen-bond acceptors (Lipinski definition) is 2. The van der Waals surface area contributed by atoms with Gasteiger partial charge in [0.1, 0.15) is 0 Å². The van der Waals surface area contributed by atoms with Crippen LogP contribution in [0.5, 0.6) is 0 Å². The molecule has 6 aromatic carbocycles. The smallest absolute Gasteiger partial charge is 0.0893 e. The normalized spacial score (nSPS) is 12.4. The molecule has 0 bridgehead atoms. The fraction of sp³-hybridized carbons (Fsp3) is 0.160. The van der Waals surface area contributed by atoms with E-state index in [1.165, 1.54) is 77.2 Å². The number of pyridine rings is 2. The lowest BCUT2D eigenvalue weighted by molar-refractivity contribution is 0.590. The molecule has 9 rings (SSSR count). The molecule has 52 heavy (non-hydrogen) atoms. The molecule has 0 radical (unpaired) electrons. The van der Waals surface area contributed by atoms with E-state index in [0.717, 1.165) is 22.6 Å². The number of aromatic nitrogens is 2. The molecule has 2 nitrogen and oxygen atoms in total. The van der Waals surface area contributed by atoms with Crippen LogP contribution in [0.15, 0.2) is 146 Å². The summed E-state index contributed by atoms with van der Waals surface area (Å²) < 4.78 is 0. The Morgan fingerprint density at radius 3 is 1.40 bits per heavy atom. The van der Waals surface area contributed by atoms with Gasteiger partial charge >= 0.3 is 0 Å². The van der Waals surface area contributed by atoms with E-state index in [1.54, 1.807) is 0 Å². The molecule has 1 aliphatic carbocycles. The summed E-state index contributed by atoms with van der Waals surface area (Å²) in [4.78, 5) is 9.75. The van der Waals surface area contributed by atoms with Crippen LogP contribution in [0.2, 0.25) is 0 Å². The monoisotopic (exact) mass is 670 g/mol. The number of rotatable bonds is 4. The van der Waals surface area contributed by atoms with Crippen LogP contribution >= 0.6 is 0 Å². The van der Waals surface area contributed by atoms with Crippen LogP contribution in [0.25, 0.3) is 88.7 Å². The van der Waals surface area contributed by atoms with Gasteiger partial charge in [-0.3, -0.25) is 4.98 Å². The molecule has 0 saturated carbocycles. The molecule has 2 aromatic heterocycles. The SMILES string of the molecule is CC(C)(C)c1ccc(-c2c3c(c(-c4ccc(C(C)(C)C)cc4)c4ccccc24)-c2ccc(-c4cccc(-c5ccccn5)n4)c4cccc-3c24)cc1. The van der Waals surface area contributed by atoms with Crippen LogP contribution in [-0.2, 0) is 10.8 Å². The van der Waals surface area contributed by atoms with Crippen LogP contribution in [0.1, 0.15) is 52.7 Å². The van der Waals surface area contributed by atoms with E-state index in [1.807, 2.05) is 30.5 Å².